The van der Waals surface area contributed by atoms with E-state index < -0.39 is 0 Å². The van der Waals surface area contributed by atoms with Crippen molar-refractivity contribution in [3.05, 3.63) is 42.5 Å². The van der Waals surface area contributed by atoms with Gasteiger partial charge in [0.1, 0.15) is 6.33 Å². The van der Waals surface area contributed by atoms with E-state index in [1.807, 2.05) is 37.5 Å². The average molecular weight is 571 g/mol. The number of benzene rings is 1. The van der Waals surface area contributed by atoms with E-state index in [2.05, 4.69) is 81.8 Å². The standard InChI is InChI=1S/C29H46N8O2.CH4O/c1-21(2)36(16-9-15-30-28(38)34-23-12-10-22(11-13-23)29(3,4)5)18-24(39-8)14-17-37-20-33-25-26(35(6)7)31-19-32-27(25)37;1-2/h10-13,19-21,24H,9,14-18H2,1-8H3,(H2,30,34,38);2H,1H3. The molecule has 2 amide bonds. The van der Waals surface area contributed by atoms with Gasteiger partial charge in [0.15, 0.2) is 17.0 Å². The monoisotopic (exact) mass is 570 g/mol. The Kier molecular flexibility index (Phi) is 13.4. The topological polar surface area (TPSA) is 121 Å². The first kappa shape index (κ1) is 33.9. The van der Waals surface area contributed by atoms with Crippen molar-refractivity contribution in [1.29, 1.82) is 0 Å². The highest BCUT2D eigenvalue weighted by Gasteiger charge is 2.18. The van der Waals surface area contributed by atoms with Gasteiger partial charge in [0.25, 0.3) is 0 Å². The molecular weight excluding hydrogens is 520 g/mol. The molecule has 0 fully saturated rings. The van der Waals surface area contributed by atoms with Gasteiger partial charge in [-0.25, -0.2) is 19.7 Å². The minimum atomic E-state index is -0.182. The molecule has 0 radical (unpaired) electrons. The number of ether oxygens (including phenoxy) is 1. The van der Waals surface area contributed by atoms with Crippen LogP contribution in [0, 0.1) is 0 Å². The molecule has 2 aromatic heterocycles. The van der Waals surface area contributed by atoms with E-state index in [-0.39, 0.29) is 17.6 Å². The molecule has 1 atom stereocenters. The van der Waals surface area contributed by atoms with Crippen molar-refractivity contribution in [2.45, 2.75) is 71.6 Å². The van der Waals surface area contributed by atoms with E-state index >= 15 is 0 Å². The number of carbonyl (C=O) groups is 1. The molecule has 228 valence electrons. The number of rotatable bonds is 13. The second-order valence-corrected chi connectivity index (χ2v) is 11.5. The molecule has 0 bridgehead atoms. The highest BCUT2D eigenvalue weighted by atomic mass is 16.5. The van der Waals surface area contributed by atoms with Crippen LogP contribution in [0.3, 0.4) is 0 Å². The van der Waals surface area contributed by atoms with Gasteiger partial charge in [-0.15, -0.1) is 0 Å². The zero-order valence-corrected chi connectivity index (χ0v) is 26.3. The Morgan fingerprint density at radius 2 is 1.78 bits per heavy atom. The van der Waals surface area contributed by atoms with Gasteiger partial charge in [0.05, 0.1) is 12.4 Å². The molecular formula is C30H50N8O3. The normalized spacial score (nSPS) is 12.3. The quantitative estimate of drug-likeness (QED) is 0.263. The molecule has 0 aliphatic carbocycles. The van der Waals surface area contributed by atoms with Crippen LogP contribution in [0.4, 0.5) is 16.3 Å². The minimum absolute atomic E-state index is 0.0623. The van der Waals surface area contributed by atoms with Crippen molar-refractivity contribution in [3.63, 3.8) is 0 Å². The summed E-state index contributed by atoms with van der Waals surface area (Å²) < 4.78 is 7.91. The molecule has 41 heavy (non-hydrogen) atoms. The summed E-state index contributed by atoms with van der Waals surface area (Å²) >= 11 is 0. The highest BCUT2D eigenvalue weighted by Crippen LogP contribution is 2.23. The number of carbonyl (C=O) groups excluding carboxylic acids is 1. The first-order valence-electron chi connectivity index (χ1n) is 14.2. The Morgan fingerprint density at radius 3 is 2.37 bits per heavy atom. The van der Waals surface area contributed by atoms with E-state index in [1.165, 1.54) is 5.56 Å². The lowest BCUT2D eigenvalue weighted by molar-refractivity contribution is 0.0449. The second-order valence-electron chi connectivity index (χ2n) is 11.5. The number of imidazole rings is 1. The number of hydrogen-bond donors (Lipinski definition) is 3. The molecule has 0 aliphatic rings. The Hall–Kier alpha value is -3.28. The zero-order chi connectivity index (χ0) is 30.6. The van der Waals surface area contributed by atoms with Crippen molar-refractivity contribution in [1.82, 2.24) is 29.7 Å². The number of fused-ring (bicyclic) bond motifs is 1. The molecule has 1 unspecified atom stereocenters. The SMILES string of the molecule is CO.COC(CCn1cnc2c(N(C)C)ncnc21)CN(CCCNC(=O)Nc1ccc(C(C)(C)C)cc1)C(C)C. The van der Waals surface area contributed by atoms with Crippen molar-refractivity contribution in [3.8, 4) is 0 Å². The maximum Gasteiger partial charge on any atom is 0.319 e. The second kappa shape index (κ2) is 16.2. The lowest BCUT2D eigenvalue weighted by Crippen LogP contribution is -2.40. The number of hydrogen-bond acceptors (Lipinski definition) is 8. The number of aliphatic hydroxyl groups excluding tert-OH is 1. The molecule has 2 heterocycles. The summed E-state index contributed by atoms with van der Waals surface area (Å²) in [5.41, 5.74) is 3.76. The van der Waals surface area contributed by atoms with Gasteiger partial charge >= 0.3 is 6.03 Å². The van der Waals surface area contributed by atoms with Gasteiger partial charge < -0.3 is 29.9 Å². The van der Waals surface area contributed by atoms with Crippen LogP contribution in [0.15, 0.2) is 36.9 Å². The molecule has 3 aromatic rings. The van der Waals surface area contributed by atoms with Crippen LogP contribution in [0.5, 0.6) is 0 Å². The lowest BCUT2D eigenvalue weighted by atomic mass is 9.87. The highest BCUT2D eigenvalue weighted by molar-refractivity contribution is 5.89. The third kappa shape index (κ3) is 10.2. The number of amides is 2. The maximum absolute atomic E-state index is 12.4. The summed E-state index contributed by atoms with van der Waals surface area (Å²) in [6, 6.07) is 8.21. The van der Waals surface area contributed by atoms with Crippen molar-refractivity contribution in [2.75, 3.05) is 58.2 Å². The fourth-order valence-electron chi connectivity index (χ4n) is 4.46. The van der Waals surface area contributed by atoms with Gasteiger partial charge in [-0.2, -0.15) is 0 Å². The van der Waals surface area contributed by atoms with E-state index in [0.717, 1.165) is 62.3 Å². The zero-order valence-electron chi connectivity index (χ0n) is 26.3. The van der Waals surface area contributed by atoms with Gasteiger partial charge in [-0.1, -0.05) is 32.9 Å². The van der Waals surface area contributed by atoms with Crippen LogP contribution in [-0.4, -0.2) is 95.7 Å². The van der Waals surface area contributed by atoms with Crippen LogP contribution >= 0.6 is 0 Å². The lowest BCUT2D eigenvalue weighted by Gasteiger charge is -2.30. The molecule has 11 heteroatoms. The summed E-state index contributed by atoms with van der Waals surface area (Å²) in [6.45, 7) is 13.9. The predicted octanol–water partition coefficient (Wildman–Crippen LogP) is 4.13. The van der Waals surface area contributed by atoms with Crippen LogP contribution in [-0.2, 0) is 16.7 Å². The fourth-order valence-corrected chi connectivity index (χ4v) is 4.46. The number of aromatic nitrogens is 4. The van der Waals surface area contributed by atoms with Crippen molar-refractivity contribution in [2.24, 2.45) is 0 Å². The predicted molar refractivity (Wildman–Crippen MR) is 167 cm³/mol. The van der Waals surface area contributed by atoms with Crippen molar-refractivity contribution < 1.29 is 14.6 Å². The molecule has 3 N–H and O–H groups in total. The first-order chi connectivity index (χ1) is 19.5. The molecule has 11 nitrogen and oxygen atoms in total. The average Bonchev–Trinajstić information content (AvgIpc) is 3.36. The van der Waals surface area contributed by atoms with Crippen LogP contribution in [0.25, 0.3) is 11.2 Å². The van der Waals surface area contributed by atoms with Crippen molar-refractivity contribution >= 4 is 28.7 Å². The molecule has 0 saturated heterocycles. The summed E-state index contributed by atoms with van der Waals surface area (Å²) in [5.74, 6) is 0.814. The van der Waals surface area contributed by atoms with Gasteiger partial charge in [-0.05, 0) is 49.8 Å². The Labute approximate surface area is 245 Å². The van der Waals surface area contributed by atoms with E-state index in [4.69, 9.17) is 9.84 Å². The number of anilines is 2. The summed E-state index contributed by atoms with van der Waals surface area (Å²) in [5, 5.41) is 12.9. The number of nitrogens with one attached hydrogen (secondary N) is 2. The van der Waals surface area contributed by atoms with Gasteiger partial charge in [0.2, 0.25) is 0 Å². The van der Waals surface area contributed by atoms with Gasteiger partial charge in [-0.3, -0.25) is 4.90 Å². The maximum atomic E-state index is 12.4. The molecule has 0 spiro atoms. The molecule has 0 saturated carbocycles. The van der Waals surface area contributed by atoms with Gasteiger partial charge in [0, 0.05) is 66.2 Å². The number of methoxy groups -OCH3 is 1. The fraction of sp³-hybridized carbons (Fsp3) is 0.600. The first-order valence-corrected chi connectivity index (χ1v) is 14.2. The molecule has 1 aromatic carbocycles. The number of urea groups is 1. The smallest absolute Gasteiger partial charge is 0.319 e. The summed E-state index contributed by atoms with van der Waals surface area (Å²) in [4.78, 5) is 30.1. The summed E-state index contributed by atoms with van der Waals surface area (Å²) in [6.07, 6.45) is 5.16. The number of aryl methyl sites for hydroxylation is 1. The number of nitrogens with zero attached hydrogens (tertiary/aromatic N) is 6. The Bertz CT molecular complexity index is 1190. The third-order valence-electron chi connectivity index (χ3n) is 6.92. The number of aliphatic hydroxyl groups is 1. The Morgan fingerprint density at radius 1 is 1.10 bits per heavy atom. The third-order valence-corrected chi connectivity index (χ3v) is 6.92. The molecule has 3 rings (SSSR count). The minimum Gasteiger partial charge on any atom is -0.400 e. The van der Waals surface area contributed by atoms with Crippen LogP contribution in [0.2, 0.25) is 0 Å². The van der Waals surface area contributed by atoms with E-state index in [9.17, 15) is 4.79 Å². The molecule has 0 aliphatic heterocycles. The van der Waals surface area contributed by atoms with E-state index in [0.29, 0.717) is 12.6 Å². The Balaban J connectivity index is 0.00000287. The summed E-state index contributed by atoms with van der Waals surface area (Å²) in [7, 11) is 6.67. The largest absolute Gasteiger partial charge is 0.400 e. The van der Waals surface area contributed by atoms with Crippen LogP contribution < -0.4 is 15.5 Å². The van der Waals surface area contributed by atoms with Crippen LogP contribution in [0.1, 0.15) is 53.0 Å². The van der Waals surface area contributed by atoms with E-state index in [1.54, 1.807) is 13.4 Å².